The molecule has 0 saturated heterocycles. The van der Waals surface area contributed by atoms with Gasteiger partial charge in [-0.05, 0) is 49.8 Å². The van der Waals surface area contributed by atoms with Crippen molar-refractivity contribution >= 4 is 25.4 Å². The van der Waals surface area contributed by atoms with Gasteiger partial charge in [0.15, 0.2) is 23.9 Å². The Morgan fingerprint density at radius 3 is 1.69 bits per heavy atom. The SMILES string of the molecule is CCc1ccc(NC=C(S(=O)(=O)C2CCCCC2)S(=O)(=O)C2CCCCC2)cc1. The van der Waals surface area contributed by atoms with Gasteiger partial charge in [-0.15, -0.1) is 0 Å². The van der Waals surface area contributed by atoms with Gasteiger partial charge in [0.05, 0.1) is 10.5 Å². The Hall–Kier alpha value is -1.34. The van der Waals surface area contributed by atoms with E-state index in [9.17, 15) is 16.8 Å². The number of anilines is 1. The molecule has 2 aliphatic carbocycles. The maximum absolute atomic E-state index is 13.4. The van der Waals surface area contributed by atoms with Crippen LogP contribution in [-0.4, -0.2) is 27.3 Å². The second kappa shape index (κ2) is 9.65. The van der Waals surface area contributed by atoms with Crippen LogP contribution in [0.5, 0.6) is 0 Å². The molecule has 0 atom stereocenters. The maximum Gasteiger partial charge on any atom is 0.193 e. The number of rotatable bonds is 7. The van der Waals surface area contributed by atoms with E-state index in [1.165, 1.54) is 11.8 Å². The van der Waals surface area contributed by atoms with Gasteiger partial charge in [-0.3, -0.25) is 0 Å². The molecule has 0 heterocycles. The molecular formula is C22H33NO4S2. The monoisotopic (exact) mass is 439 g/mol. The maximum atomic E-state index is 13.4. The van der Waals surface area contributed by atoms with E-state index in [-0.39, 0.29) is 0 Å². The second-order valence-corrected chi connectivity index (χ2v) is 12.9. The lowest BCUT2D eigenvalue weighted by Crippen LogP contribution is -2.34. The van der Waals surface area contributed by atoms with Gasteiger partial charge in [-0.1, -0.05) is 57.6 Å². The molecule has 1 aromatic carbocycles. The Labute approximate surface area is 175 Å². The molecular weight excluding hydrogens is 406 g/mol. The van der Waals surface area contributed by atoms with Crippen LogP contribution in [0.3, 0.4) is 0 Å². The summed E-state index contributed by atoms with van der Waals surface area (Å²) in [5.41, 5.74) is 1.86. The van der Waals surface area contributed by atoms with E-state index < -0.39 is 34.4 Å². The summed E-state index contributed by atoms with van der Waals surface area (Å²) in [6, 6.07) is 7.63. The largest absolute Gasteiger partial charge is 0.360 e. The van der Waals surface area contributed by atoms with Gasteiger partial charge in [-0.25, -0.2) is 16.8 Å². The average Bonchev–Trinajstić information content (AvgIpc) is 2.75. The summed E-state index contributed by atoms with van der Waals surface area (Å²) >= 11 is 0. The number of hydrogen-bond donors (Lipinski definition) is 1. The van der Waals surface area contributed by atoms with Crippen LogP contribution < -0.4 is 5.32 Å². The molecule has 29 heavy (non-hydrogen) atoms. The predicted octanol–water partition coefficient (Wildman–Crippen LogP) is 4.95. The highest BCUT2D eigenvalue weighted by Crippen LogP contribution is 2.35. The third-order valence-corrected chi connectivity index (χ3v) is 11.7. The van der Waals surface area contributed by atoms with Crippen molar-refractivity contribution in [1.29, 1.82) is 0 Å². The summed E-state index contributed by atoms with van der Waals surface area (Å²) in [5, 5.41) is 1.78. The summed E-state index contributed by atoms with van der Waals surface area (Å²) in [7, 11) is -7.81. The van der Waals surface area contributed by atoms with Gasteiger partial charge in [0.25, 0.3) is 0 Å². The molecule has 3 rings (SSSR count). The number of hydrogen-bond acceptors (Lipinski definition) is 5. The lowest BCUT2D eigenvalue weighted by Gasteiger charge is -2.27. The lowest BCUT2D eigenvalue weighted by molar-refractivity contribution is 0.482. The van der Waals surface area contributed by atoms with E-state index in [1.54, 1.807) is 0 Å². The van der Waals surface area contributed by atoms with Gasteiger partial charge in [0.2, 0.25) is 0 Å². The first-order valence-electron chi connectivity index (χ1n) is 10.9. The van der Waals surface area contributed by atoms with Gasteiger partial charge in [0, 0.05) is 11.9 Å². The Kier molecular flexibility index (Phi) is 7.43. The number of sulfone groups is 2. The quantitative estimate of drug-likeness (QED) is 0.650. The molecule has 2 aliphatic rings. The van der Waals surface area contributed by atoms with E-state index in [0.29, 0.717) is 31.4 Å². The Morgan fingerprint density at radius 2 is 1.28 bits per heavy atom. The molecule has 2 fully saturated rings. The molecule has 2 saturated carbocycles. The van der Waals surface area contributed by atoms with Crippen molar-refractivity contribution in [1.82, 2.24) is 0 Å². The molecule has 0 aliphatic heterocycles. The van der Waals surface area contributed by atoms with Gasteiger partial charge >= 0.3 is 0 Å². The Bertz CT molecular complexity index is 856. The van der Waals surface area contributed by atoms with E-state index in [0.717, 1.165) is 44.9 Å². The van der Waals surface area contributed by atoms with Crippen molar-refractivity contribution in [3.05, 3.63) is 40.3 Å². The zero-order valence-electron chi connectivity index (χ0n) is 17.3. The first-order valence-corrected chi connectivity index (χ1v) is 14.0. The minimum atomic E-state index is -3.90. The van der Waals surface area contributed by atoms with Crippen LogP contribution in [0, 0.1) is 0 Å². The number of nitrogens with one attached hydrogen (secondary N) is 1. The van der Waals surface area contributed by atoms with Gasteiger partial charge in [0.1, 0.15) is 0 Å². The van der Waals surface area contributed by atoms with Crippen molar-refractivity contribution in [3.63, 3.8) is 0 Å². The van der Waals surface area contributed by atoms with E-state index in [2.05, 4.69) is 12.2 Å². The van der Waals surface area contributed by atoms with Crippen LogP contribution in [0.25, 0.3) is 0 Å². The standard InChI is InChI=1S/C22H33NO4S2/c1-2-18-13-15-19(16-14-18)23-17-22(28(24,25)20-9-5-3-6-10-20)29(26,27)21-11-7-4-8-12-21/h13-17,20-21,23H,2-12H2,1H3. The Balaban J connectivity index is 1.95. The molecule has 0 aromatic heterocycles. The molecule has 0 bridgehead atoms. The normalized spacial score (nSPS) is 19.6. The van der Waals surface area contributed by atoms with Crippen LogP contribution in [0.15, 0.2) is 34.7 Å². The summed E-state index contributed by atoms with van der Waals surface area (Å²) in [4.78, 5) is 0. The van der Waals surface area contributed by atoms with Crippen LogP contribution in [-0.2, 0) is 26.1 Å². The molecule has 7 heteroatoms. The number of aryl methyl sites for hydroxylation is 1. The summed E-state index contributed by atoms with van der Waals surface area (Å²) in [6.45, 7) is 2.06. The van der Waals surface area contributed by atoms with E-state index in [4.69, 9.17) is 0 Å². The molecule has 0 amide bonds. The first-order chi connectivity index (χ1) is 13.9. The van der Waals surface area contributed by atoms with Crippen molar-refractivity contribution < 1.29 is 16.8 Å². The van der Waals surface area contributed by atoms with Crippen LogP contribution in [0.4, 0.5) is 5.69 Å². The fourth-order valence-electron chi connectivity index (χ4n) is 4.38. The van der Waals surface area contributed by atoms with Crippen molar-refractivity contribution in [2.75, 3.05) is 5.32 Å². The van der Waals surface area contributed by atoms with Crippen molar-refractivity contribution in [2.24, 2.45) is 0 Å². The lowest BCUT2D eigenvalue weighted by atomic mass is 10.0. The van der Waals surface area contributed by atoms with E-state index in [1.807, 2.05) is 24.3 Å². The molecule has 1 aromatic rings. The first kappa shape index (κ1) is 22.3. The zero-order valence-corrected chi connectivity index (χ0v) is 18.9. The molecule has 162 valence electrons. The fourth-order valence-corrected chi connectivity index (χ4v) is 9.51. The third-order valence-electron chi connectivity index (χ3n) is 6.26. The van der Waals surface area contributed by atoms with Gasteiger partial charge in [-0.2, -0.15) is 0 Å². The molecule has 1 N–H and O–H groups in total. The average molecular weight is 440 g/mol. The summed E-state index contributed by atoms with van der Waals surface area (Å²) < 4.78 is 53.2. The van der Waals surface area contributed by atoms with Crippen LogP contribution in [0.1, 0.15) is 76.7 Å². The Morgan fingerprint density at radius 1 is 0.828 bits per heavy atom. The highest BCUT2D eigenvalue weighted by molar-refractivity contribution is 8.14. The van der Waals surface area contributed by atoms with Crippen LogP contribution in [0.2, 0.25) is 0 Å². The second-order valence-electron chi connectivity index (χ2n) is 8.27. The highest BCUT2D eigenvalue weighted by Gasteiger charge is 2.41. The van der Waals surface area contributed by atoms with Crippen molar-refractivity contribution in [2.45, 2.75) is 88.1 Å². The molecule has 0 radical (unpaired) electrons. The number of benzene rings is 1. The third kappa shape index (κ3) is 5.23. The zero-order chi connectivity index (χ0) is 20.9. The minimum Gasteiger partial charge on any atom is -0.360 e. The smallest absolute Gasteiger partial charge is 0.193 e. The predicted molar refractivity (Wildman–Crippen MR) is 119 cm³/mol. The molecule has 0 spiro atoms. The van der Waals surface area contributed by atoms with E-state index >= 15 is 0 Å². The minimum absolute atomic E-state index is 0.400. The van der Waals surface area contributed by atoms with Crippen molar-refractivity contribution in [3.8, 4) is 0 Å². The topological polar surface area (TPSA) is 80.3 Å². The highest BCUT2D eigenvalue weighted by atomic mass is 32.3. The van der Waals surface area contributed by atoms with Gasteiger partial charge < -0.3 is 5.32 Å². The fraction of sp³-hybridized carbons (Fsp3) is 0.636. The van der Waals surface area contributed by atoms with Crippen LogP contribution >= 0.6 is 0 Å². The molecule has 5 nitrogen and oxygen atoms in total. The summed E-state index contributed by atoms with van der Waals surface area (Å²) in [5.74, 6) is 0. The summed E-state index contributed by atoms with van der Waals surface area (Å²) in [6.07, 6.45) is 9.73. The molecule has 0 unspecified atom stereocenters.